The standard InChI is InChI=1S/C11H23N3/c1-8(2)13-11(12)14-7-9(3)5-6-10(14)4/h8-10H,5-7H2,1-4H3,(H2,12,13). The van der Waals surface area contributed by atoms with Crippen LogP contribution >= 0.6 is 0 Å². The molecule has 1 aliphatic heterocycles. The molecule has 0 radical (unpaired) electrons. The average Bonchev–Trinajstić information content (AvgIpc) is 2.08. The molecule has 3 nitrogen and oxygen atoms in total. The molecule has 0 amide bonds. The quantitative estimate of drug-likeness (QED) is 0.514. The first-order valence-electron chi connectivity index (χ1n) is 5.60. The zero-order valence-electron chi connectivity index (χ0n) is 9.83. The molecule has 0 aliphatic carbocycles. The minimum absolute atomic E-state index is 0.291. The smallest absolute Gasteiger partial charge is 0.191 e. The summed E-state index contributed by atoms with van der Waals surface area (Å²) in [6.07, 6.45) is 2.54. The van der Waals surface area contributed by atoms with Crippen molar-refractivity contribution in [3.8, 4) is 0 Å². The zero-order valence-corrected chi connectivity index (χ0v) is 9.83. The fraction of sp³-hybridized carbons (Fsp3) is 0.909. The Labute approximate surface area is 87.4 Å². The molecule has 1 aliphatic rings. The van der Waals surface area contributed by atoms with Crippen LogP contribution in [0.15, 0.2) is 4.99 Å². The van der Waals surface area contributed by atoms with E-state index in [-0.39, 0.29) is 0 Å². The molecular formula is C11H23N3. The third-order valence-electron chi connectivity index (χ3n) is 2.80. The second-order valence-electron chi connectivity index (χ2n) is 4.76. The van der Waals surface area contributed by atoms with E-state index in [2.05, 4.69) is 37.6 Å². The van der Waals surface area contributed by atoms with E-state index in [9.17, 15) is 0 Å². The van der Waals surface area contributed by atoms with Crippen LogP contribution in [0, 0.1) is 5.92 Å². The van der Waals surface area contributed by atoms with Crippen LogP contribution in [0.5, 0.6) is 0 Å². The van der Waals surface area contributed by atoms with Crippen molar-refractivity contribution in [3.63, 3.8) is 0 Å². The lowest BCUT2D eigenvalue weighted by molar-refractivity contribution is 0.204. The van der Waals surface area contributed by atoms with E-state index in [0.717, 1.165) is 18.4 Å². The van der Waals surface area contributed by atoms with Crippen LogP contribution in [-0.2, 0) is 0 Å². The van der Waals surface area contributed by atoms with Gasteiger partial charge in [0.15, 0.2) is 5.96 Å². The maximum absolute atomic E-state index is 5.98. The van der Waals surface area contributed by atoms with Gasteiger partial charge in [-0.1, -0.05) is 6.92 Å². The van der Waals surface area contributed by atoms with Gasteiger partial charge in [-0.15, -0.1) is 0 Å². The Bertz CT molecular complexity index is 211. The van der Waals surface area contributed by atoms with E-state index in [1.54, 1.807) is 0 Å². The van der Waals surface area contributed by atoms with Crippen molar-refractivity contribution in [3.05, 3.63) is 0 Å². The predicted molar refractivity (Wildman–Crippen MR) is 61.3 cm³/mol. The number of piperidine rings is 1. The number of hydrogen-bond donors (Lipinski definition) is 1. The fourth-order valence-electron chi connectivity index (χ4n) is 1.95. The molecule has 2 unspecified atom stereocenters. The first-order valence-corrected chi connectivity index (χ1v) is 5.60. The number of nitrogens with two attached hydrogens (primary N) is 1. The molecular weight excluding hydrogens is 174 g/mol. The molecule has 0 aromatic carbocycles. The van der Waals surface area contributed by atoms with Crippen LogP contribution in [0.25, 0.3) is 0 Å². The van der Waals surface area contributed by atoms with Crippen LogP contribution in [0.1, 0.15) is 40.5 Å². The summed E-state index contributed by atoms with van der Waals surface area (Å²) < 4.78 is 0. The van der Waals surface area contributed by atoms with Gasteiger partial charge in [0.1, 0.15) is 0 Å². The topological polar surface area (TPSA) is 41.6 Å². The van der Waals surface area contributed by atoms with E-state index < -0.39 is 0 Å². The molecule has 3 heteroatoms. The maximum Gasteiger partial charge on any atom is 0.191 e. The Hall–Kier alpha value is -0.730. The maximum atomic E-state index is 5.98. The highest BCUT2D eigenvalue weighted by molar-refractivity contribution is 5.78. The first-order chi connectivity index (χ1) is 6.50. The molecule has 2 N–H and O–H groups in total. The number of likely N-dealkylation sites (tertiary alicyclic amines) is 1. The van der Waals surface area contributed by atoms with Crippen molar-refractivity contribution in [2.75, 3.05) is 6.54 Å². The summed E-state index contributed by atoms with van der Waals surface area (Å²) in [6, 6.07) is 0.841. The Morgan fingerprint density at radius 1 is 1.36 bits per heavy atom. The van der Waals surface area contributed by atoms with Crippen LogP contribution < -0.4 is 5.73 Å². The Morgan fingerprint density at radius 2 is 2.00 bits per heavy atom. The van der Waals surface area contributed by atoms with Gasteiger partial charge in [-0.25, -0.2) is 0 Å². The van der Waals surface area contributed by atoms with E-state index in [1.165, 1.54) is 12.8 Å². The molecule has 0 aromatic heterocycles. The summed E-state index contributed by atoms with van der Waals surface area (Å²) in [5, 5.41) is 0. The van der Waals surface area contributed by atoms with Gasteiger partial charge in [-0.3, -0.25) is 4.99 Å². The van der Waals surface area contributed by atoms with Gasteiger partial charge in [0.25, 0.3) is 0 Å². The van der Waals surface area contributed by atoms with Crippen LogP contribution in [0.3, 0.4) is 0 Å². The highest BCUT2D eigenvalue weighted by Crippen LogP contribution is 2.20. The van der Waals surface area contributed by atoms with Crippen molar-refractivity contribution >= 4 is 5.96 Å². The van der Waals surface area contributed by atoms with Crippen LogP contribution in [0.2, 0.25) is 0 Å². The number of rotatable bonds is 1. The van der Waals surface area contributed by atoms with Gasteiger partial charge < -0.3 is 10.6 Å². The second kappa shape index (κ2) is 4.67. The van der Waals surface area contributed by atoms with Gasteiger partial charge in [0.05, 0.1) is 0 Å². The second-order valence-corrected chi connectivity index (χ2v) is 4.76. The number of guanidine groups is 1. The van der Waals surface area contributed by atoms with Crippen molar-refractivity contribution in [2.24, 2.45) is 16.6 Å². The summed E-state index contributed by atoms with van der Waals surface area (Å²) >= 11 is 0. The first kappa shape index (κ1) is 11.3. The normalized spacial score (nSPS) is 29.8. The highest BCUT2D eigenvalue weighted by atomic mass is 15.3. The average molecular weight is 197 g/mol. The number of aliphatic imine (C=N–C) groups is 1. The molecule has 0 bridgehead atoms. The van der Waals surface area contributed by atoms with Gasteiger partial charge in [0.2, 0.25) is 0 Å². The van der Waals surface area contributed by atoms with Crippen molar-refractivity contribution in [1.82, 2.24) is 4.90 Å². The predicted octanol–water partition coefficient (Wildman–Crippen LogP) is 1.83. The van der Waals surface area contributed by atoms with Gasteiger partial charge in [0, 0.05) is 18.6 Å². The van der Waals surface area contributed by atoms with Crippen molar-refractivity contribution < 1.29 is 0 Å². The van der Waals surface area contributed by atoms with Crippen LogP contribution in [0.4, 0.5) is 0 Å². The monoisotopic (exact) mass is 197 g/mol. The lowest BCUT2D eigenvalue weighted by Gasteiger charge is -2.37. The van der Waals surface area contributed by atoms with Crippen molar-refractivity contribution in [2.45, 2.75) is 52.6 Å². The lowest BCUT2D eigenvalue weighted by atomic mass is 9.95. The minimum Gasteiger partial charge on any atom is -0.370 e. The Kier molecular flexibility index (Phi) is 3.78. The summed E-state index contributed by atoms with van der Waals surface area (Å²) in [5.74, 6) is 1.46. The third-order valence-corrected chi connectivity index (χ3v) is 2.80. The molecule has 1 rings (SSSR count). The highest BCUT2D eigenvalue weighted by Gasteiger charge is 2.24. The zero-order chi connectivity index (χ0) is 10.7. The van der Waals surface area contributed by atoms with Crippen LogP contribution in [-0.4, -0.2) is 29.5 Å². The summed E-state index contributed by atoms with van der Waals surface area (Å²) in [6.45, 7) is 9.69. The summed E-state index contributed by atoms with van der Waals surface area (Å²) in [7, 11) is 0. The molecule has 1 heterocycles. The largest absolute Gasteiger partial charge is 0.370 e. The van der Waals surface area contributed by atoms with Gasteiger partial charge >= 0.3 is 0 Å². The molecule has 2 atom stereocenters. The molecule has 0 spiro atoms. The fourth-order valence-corrected chi connectivity index (χ4v) is 1.95. The summed E-state index contributed by atoms with van der Waals surface area (Å²) in [5.41, 5.74) is 5.98. The molecule has 82 valence electrons. The van der Waals surface area contributed by atoms with Crippen molar-refractivity contribution in [1.29, 1.82) is 0 Å². The van der Waals surface area contributed by atoms with E-state index in [0.29, 0.717) is 12.1 Å². The molecule has 1 fully saturated rings. The number of hydrogen-bond acceptors (Lipinski definition) is 1. The lowest BCUT2D eigenvalue weighted by Crippen LogP contribution is -2.48. The van der Waals surface area contributed by atoms with Gasteiger partial charge in [-0.05, 0) is 39.5 Å². The molecule has 0 saturated carbocycles. The Balaban J connectivity index is 2.64. The minimum atomic E-state index is 0.291. The van der Waals surface area contributed by atoms with E-state index in [1.807, 2.05) is 0 Å². The van der Waals surface area contributed by atoms with E-state index in [4.69, 9.17) is 5.73 Å². The van der Waals surface area contributed by atoms with Gasteiger partial charge in [-0.2, -0.15) is 0 Å². The summed E-state index contributed by atoms with van der Waals surface area (Å²) in [4.78, 5) is 6.65. The molecule has 1 saturated heterocycles. The third kappa shape index (κ3) is 2.89. The SMILES string of the molecule is CC1CCC(C)N(C(N)=NC(C)C)C1. The number of nitrogens with zero attached hydrogens (tertiary/aromatic N) is 2. The van der Waals surface area contributed by atoms with E-state index >= 15 is 0 Å². The molecule has 0 aromatic rings. The molecule has 14 heavy (non-hydrogen) atoms. The Morgan fingerprint density at radius 3 is 2.57 bits per heavy atom.